The lowest BCUT2D eigenvalue weighted by atomic mass is 10.3. The molecule has 0 bridgehead atoms. The van der Waals surface area contributed by atoms with Crippen molar-refractivity contribution in [2.24, 2.45) is 0 Å². The Bertz CT molecular complexity index is 908. The van der Waals surface area contributed by atoms with E-state index in [0.29, 0.717) is 10.7 Å². The van der Waals surface area contributed by atoms with Crippen LogP contribution in [0.5, 0.6) is 0 Å². The molecule has 0 atom stereocenters. The summed E-state index contributed by atoms with van der Waals surface area (Å²) in [6, 6.07) is 5.57. The Labute approximate surface area is 151 Å². The van der Waals surface area contributed by atoms with Crippen molar-refractivity contribution in [1.82, 2.24) is 9.21 Å². The summed E-state index contributed by atoms with van der Waals surface area (Å²) in [5.74, 6) is -2.52. The Kier molecular flexibility index (Phi) is 4.94. The number of hydrogen-bond donors (Lipinski definition) is 0. The molecule has 1 amide bonds. The molecule has 2 heterocycles. The average Bonchev–Trinajstić information content (AvgIpc) is 3.03. The molecule has 25 heavy (non-hydrogen) atoms. The Morgan fingerprint density at radius 3 is 2.28 bits per heavy atom. The van der Waals surface area contributed by atoms with Gasteiger partial charge in [-0.1, -0.05) is 0 Å². The molecule has 1 aromatic carbocycles. The summed E-state index contributed by atoms with van der Waals surface area (Å²) in [5, 5.41) is 0. The summed E-state index contributed by atoms with van der Waals surface area (Å²) in [6.07, 6.45) is 0. The number of furan rings is 1. The number of benzene rings is 1. The van der Waals surface area contributed by atoms with E-state index in [2.05, 4.69) is 15.9 Å². The smallest absolute Gasteiger partial charge is 0.289 e. The molecule has 6 nitrogen and oxygen atoms in total. The fourth-order valence-electron chi connectivity index (χ4n) is 2.50. The molecule has 0 spiro atoms. The van der Waals surface area contributed by atoms with Gasteiger partial charge >= 0.3 is 0 Å². The molecule has 0 unspecified atom stereocenters. The van der Waals surface area contributed by atoms with Gasteiger partial charge in [0.15, 0.2) is 22.1 Å². The number of rotatable bonds is 3. The number of amides is 1. The number of halogens is 3. The Hall–Kier alpha value is -1.78. The highest BCUT2D eigenvalue weighted by Gasteiger charge is 2.31. The fraction of sp³-hybridized carbons (Fsp3) is 0.267. The maximum Gasteiger partial charge on any atom is 0.289 e. The molecule has 1 fully saturated rings. The molecule has 3 rings (SSSR count). The molecule has 1 aliphatic heterocycles. The number of piperazine rings is 1. The van der Waals surface area contributed by atoms with E-state index >= 15 is 0 Å². The van der Waals surface area contributed by atoms with E-state index in [-0.39, 0.29) is 42.7 Å². The lowest BCUT2D eigenvalue weighted by molar-refractivity contribution is 0.0664. The third-order valence-corrected chi connectivity index (χ3v) is 6.16. The van der Waals surface area contributed by atoms with Crippen LogP contribution in [0.3, 0.4) is 0 Å². The molecule has 0 radical (unpaired) electrons. The maximum atomic E-state index is 13.3. The summed E-state index contributed by atoms with van der Waals surface area (Å²) in [6.45, 7) is 0.435. The average molecular weight is 435 g/mol. The van der Waals surface area contributed by atoms with Gasteiger partial charge in [0, 0.05) is 26.2 Å². The van der Waals surface area contributed by atoms with E-state index in [9.17, 15) is 22.0 Å². The quantitative estimate of drug-likeness (QED) is 0.743. The van der Waals surface area contributed by atoms with E-state index in [4.69, 9.17) is 4.42 Å². The standard InChI is InChI=1S/C15H13BrF2N2O4S/c16-14-4-3-13(24-14)15(21)19-5-7-20(8-6-19)25(22,23)10-1-2-11(17)12(18)9-10/h1-4,9H,5-8H2. The van der Waals surface area contributed by atoms with Crippen LogP contribution in [0.2, 0.25) is 0 Å². The third-order valence-electron chi connectivity index (χ3n) is 3.84. The number of carbonyl (C=O) groups excluding carboxylic acids is 1. The summed E-state index contributed by atoms with van der Waals surface area (Å²) in [4.78, 5) is 13.4. The van der Waals surface area contributed by atoms with Crippen molar-refractivity contribution in [3.8, 4) is 0 Å². The van der Waals surface area contributed by atoms with E-state index in [0.717, 1.165) is 16.4 Å². The highest BCUT2D eigenvalue weighted by Crippen LogP contribution is 2.21. The zero-order valence-electron chi connectivity index (χ0n) is 12.8. The normalized spacial score (nSPS) is 16.2. The number of carbonyl (C=O) groups is 1. The molecule has 0 saturated carbocycles. The van der Waals surface area contributed by atoms with Crippen LogP contribution in [-0.4, -0.2) is 49.7 Å². The lowest BCUT2D eigenvalue weighted by Gasteiger charge is -2.33. The lowest BCUT2D eigenvalue weighted by Crippen LogP contribution is -2.50. The van der Waals surface area contributed by atoms with E-state index in [1.165, 1.54) is 11.0 Å². The largest absolute Gasteiger partial charge is 0.444 e. The topological polar surface area (TPSA) is 70.8 Å². The monoisotopic (exact) mass is 434 g/mol. The zero-order chi connectivity index (χ0) is 18.2. The molecular weight excluding hydrogens is 422 g/mol. The van der Waals surface area contributed by atoms with Gasteiger partial charge in [-0.25, -0.2) is 17.2 Å². The molecule has 0 N–H and O–H groups in total. The Morgan fingerprint density at radius 1 is 1.04 bits per heavy atom. The van der Waals surface area contributed by atoms with Gasteiger partial charge < -0.3 is 9.32 Å². The zero-order valence-corrected chi connectivity index (χ0v) is 15.2. The van der Waals surface area contributed by atoms with Gasteiger partial charge in [0.05, 0.1) is 4.90 Å². The van der Waals surface area contributed by atoms with Crippen LogP contribution in [0, 0.1) is 11.6 Å². The second kappa shape index (κ2) is 6.85. The van der Waals surface area contributed by atoms with Crippen LogP contribution in [0.1, 0.15) is 10.6 Å². The van der Waals surface area contributed by atoms with Crippen LogP contribution in [-0.2, 0) is 10.0 Å². The second-order valence-electron chi connectivity index (χ2n) is 5.38. The van der Waals surface area contributed by atoms with Gasteiger partial charge in [-0.05, 0) is 46.3 Å². The van der Waals surface area contributed by atoms with Crippen LogP contribution in [0.15, 0.2) is 44.3 Å². The van der Waals surface area contributed by atoms with Crippen molar-refractivity contribution in [2.75, 3.05) is 26.2 Å². The van der Waals surface area contributed by atoms with Crippen molar-refractivity contribution in [2.45, 2.75) is 4.90 Å². The minimum absolute atomic E-state index is 0.0505. The predicted octanol–water partition coefficient (Wildman–Crippen LogP) is 2.47. The van der Waals surface area contributed by atoms with Gasteiger partial charge in [0.1, 0.15) is 0 Å². The fourth-order valence-corrected chi connectivity index (χ4v) is 4.24. The Balaban J connectivity index is 1.71. The highest BCUT2D eigenvalue weighted by atomic mass is 79.9. The highest BCUT2D eigenvalue weighted by molar-refractivity contribution is 9.10. The maximum absolute atomic E-state index is 13.3. The number of nitrogens with zero attached hydrogens (tertiary/aromatic N) is 2. The summed E-state index contributed by atoms with van der Waals surface area (Å²) in [7, 11) is -3.95. The summed E-state index contributed by atoms with van der Waals surface area (Å²) < 4.78 is 58.1. The second-order valence-corrected chi connectivity index (χ2v) is 8.10. The van der Waals surface area contributed by atoms with Crippen LogP contribution in [0.25, 0.3) is 0 Å². The van der Waals surface area contributed by atoms with Crippen LogP contribution in [0.4, 0.5) is 8.78 Å². The van der Waals surface area contributed by atoms with Crippen molar-refractivity contribution in [3.63, 3.8) is 0 Å². The number of sulfonamides is 1. The Morgan fingerprint density at radius 2 is 1.72 bits per heavy atom. The van der Waals surface area contributed by atoms with Gasteiger partial charge in [0.25, 0.3) is 5.91 Å². The van der Waals surface area contributed by atoms with Crippen molar-refractivity contribution >= 4 is 31.9 Å². The molecule has 134 valence electrons. The van der Waals surface area contributed by atoms with Gasteiger partial charge in [-0.15, -0.1) is 0 Å². The first kappa shape index (κ1) is 18.0. The summed E-state index contributed by atoms with van der Waals surface area (Å²) >= 11 is 3.11. The first-order chi connectivity index (χ1) is 11.8. The van der Waals surface area contributed by atoms with Gasteiger partial charge in [-0.2, -0.15) is 4.31 Å². The van der Waals surface area contributed by atoms with Crippen molar-refractivity contribution < 1.29 is 26.4 Å². The molecule has 0 aliphatic carbocycles. The van der Waals surface area contributed by atoms with Gasteiger partial charge in [-0.3, -0.25) is 4.79 Å². The number of hydrogen-bond acceptors (Lipinski definition) is 4. The first-order valence-corrected chi connectivity index (χ1v) is 9.52. The van der Waals surface area contributed by atoms with E-state index in [1.807, 2.05) is 0 Å². The minimum atomic E-state index is -3.95. The molecule has 1 saturated heterocycles. The van der Waals surface area contributed by atoms with Crippen molar-refractivity contribution in [3.05, 3.63) is 52.4 Å². The third kappa shape index (κ3) is 3.60. The SMILES string of the molecule is O=C(c1ccc(Br)o1)N1CCN(S(=O)(=O)c2ccc(F)c(F)c2)CC1. The molecule has 2 aromatic rings. The summed E-state index contributed by atoms with van der Waals surface area (Å²) in [5.41, 5.74) is 0. The minimum Gasteiger partial charge on any atom is -0.444 e. The molecule has 1 aromatic heterocycles. The molecule has 10 heteroatoms. The predicted molar refractivity (Wildman–Crippen MR) is 87.4 cm³/mol. The van der Waals surface area contributed by atoms with Crippen LogP contribution < -0.4 is 0 Å². The van der Waals surface area contributed by atoms with Crippen molar-refractivity contribution in [1.29, 1.82) is 0 Å². The first-order valence-electron chi connectivity index (χ1n) is 7.29. The molecular formula is C15H13BrF2N2O4S. The van der Waals surface area contributed by atoms with Crippen LogP contribution >= 0.6 is 15.9 Å². The molecule has 1 aliphatic rings. The van der Waals surface area contributed by atoms with E-state index in [1.54, 1.807) is 6.07 Å². The van der Waals surface area contributed by atoms with E-state index < -0.39 is 21.7 Å². The van der Waals surface area contributed by atoms with Gasteiger partial charge in [0.2, 0.25) is 10.0 Å².